The Labute approximate surface area is 159 Å². The van der Waals surface area contributed by atoms with Gasteiger partial charge in [0.05, 0.1) is 11.7 Å². The number of nitrogens with one attached hydrogen (secondary N) is 2. The van der Waals surface area contributed by atoms with E-state index in [1.54, 1.807) is 23.1 Å². The van der Waals surface area contributed by atoms with Crippen LogP contribution in [-0.2, 0) is 4.79 Å². The van der Waals surface area contributed by atoms with Gasteiger partial charge in [-0.2, -0.15) is 0 Å². The number of anilines is 2. The number of amides is 3. The molecule has 0 aromatic heterocycles. The molecule has 142 valence electrons. The molecule has 0 spiro atoms. The van der Waals surface area contributed by atoms with E-state index in [9.17, 15) is 9.59 Å². The number of ether oxygens (including phenoxy) is 1. The van der Waals surface area contributed by atoms with Crippen LogP contribution in [0.25, 0.3) is 0 Å². The van der Waals surface area contributed by atoms with Crippen molar-refractivity contribution >= 4 is 23.3 Å². The monoisotopic (exact) mass is 367 g/mol. The summed E-state index contributed by atoms with van der Waals surface area (Å²) in [6.07, 6.45) is 0. The number of urea groups is 1. The normalized spacial score (nSPS) is 14.8. The predicted octanol–water partition coefficient (Wildman–Crippen LogP) is 4.09. The molecule has 0 aliphatic carbocycles. The van der Waals surface area contributed by atoms with E-state index >= 15 is 0 Å². The molecule has 2 N–H and O–H groups in total. The van der Waals surface area contributed by atoms with Gasteiger partial charge < -0.3 is 15.4 Å². The van der Waals surface area contributed by atoms with Crippen LogP contribution in [0.5, 0.6) is 5.75 Å². The molecule has 0 saturated carbocycles. The fraction of sp³-hybridized carbons (Fsp3) is 0.333. The molecule has 2 aromatic rings. The summed E-state index contributed by atoms with van der Waals surface area (Å²) in [7, 11) is 0. The van der Waals surface area contributed by atoms with E-state index < -0.39 is 0 Å². The van der Waals surface area contributed by atoms with E-state index in [0.29, 0.717) is 17.1 Å². The molecule has 3 rings (SSSR count). The van der Waals surface area contributed by atoms with Crippen LogP contribution in [0.3, 0.4) is 0 Å². The van der Waals surface area contributed by atoms with Gasteiger partial charge in [0.2, 0.25) is 0 Å². The molecular weight excluding hydrogens is 342 g/mol. The highest BCUT2D eigenvalue weighted by molar-refractivity contribution is 5.99. The summed E-state index contributed by atoms with van der Waals surface area (Å²) in [6.45, 7) is 7.71. The zero-order chi connectivity index (χ0) is 19.6. The summed E-state index contributed by atoms with van der Waals surface area (Å²) >= 11 is 0. The number of carbonyl (C=O) groups is 2. The number of benzene rings is 2. The molecule has 6 nitrogen and oxygen atoms in total. The van der Waals surface area contributed by atoms with Gasteiger partial charge in [-0.15, -0.1) is 0 Å². The third-order valence-electron chi connectivity index (χ3n) is 4.25. The standard InChI is InChI=1S/C21H25N3O3/c1-14(15-8-6-5-7-9-15)24-17-11-10-16(12-18(17)27-13-19(24)25)22-20(26)23-21(2,3)4/h5-12,14H,13H2,1-4H3,(H2,22,23,26)/t14-/m0/s1. The van der Waals surface area contributed by atoms with Crippen LogP contribution in [0.4, 0.5) is 16.2 Å². The second kappa shape index (κ2) is 7.31. The van der Waals surface area contributed by atoms with Crippen molar-refractivity contribution in [3.63, 3.8) is 0 Å². The van der Waals surface area contributed by atoms with E-state index in [0.717, 1.165) is 5.56 Å². The maximum atomic E-state index is 12.5. The first-order chi connectivity index (χ1) is 12.7. The van der Waals surface area contributed by atoms with E-state index in [2.05, 4.69) is 10.6 Å². The number of nitrogens with zero attached hydrogens (tertiary/aromatic N) is 1. The maximum absolute atomic E-state index is 12.5. The average molecular weight is 367 g/mol. The number of fused-ring (bicyclic) bond motifs is 1. The molecule has 0 radical (unpaired) electrons. The minimum atomic E-state index is -0.330. The number of hydrogen-bond donors (Lipinski definition) is 2. The highest BCUT2D eigenvalue weighted by atomic mass is 16.5. The van der Waals surface area contributed by atoms with Gasteiger partial charge >= 0.3 is 6.03 Å². The lowest BCUT2D eigenvalue weighted by atomic mass is 10.0. The minimum absolute atomic E-state index is 0.0260. The van der Waals surface area contributed by atoms with Crippen molar-refractivity contribution in [2.45, 2.75) is 39.3 Å². The third-order valence-corrected chi connectivity index (χ3v) is 4.25. The number of carbonyl (C=O) groups excluding carboxylic acids is 2. The van der Waals surface area contributed by atoms with Crippen molar-refractivity contribution < 1.29 is 14.3 Å². The van der Waals surface area contributed by atoms with Crippen LogP contribution in [-0.4, -0.2) is 24.1 Å². The van der Waals surface area contributed by atoms with E-state index in [4.69, 9.17) is 4.74 Å². The van der Waals surface area contributed by atoms with Crippen LogP contribution in [0.2, 0.25) is 0 Å². The van der Waals surface area contributed by atoms with Crippen molar-refractivity contribution in [1.82, 2.24) is 5.32 Å². The SMILES string of the molecule is C[C@@H](c1ccccc1)N1C(=O)COc2cc(NC(=O)NC(C)(C)C)ccc21. The topological polar surface area (TPSA) is 70.7 Å². The van der Waals surface area contributed by atoms with Crippen LogP contribution in [0, 0.1) is 0 Å². The highest BCUT2D eigenvalue weighted by Crippen LogP contribution is 2.39. The van der Waals surface area contributed by atoms with Crippen molar-refractivity contribution in [2.75, 3.05) is 16.8 Å². The quantitative estimate of drug-likeness (QED) is 0.858. The Bertz CT molecular complexity index is 843. The molecule has 0 fully saturated rings. The molecule has 2 aromatic carbocycles. The van der Waals surface area contributed by atoms with Gasteiger partial charge in [-0.25, -0.2) is 4.79 Å². The molecule has 1 heterocycles. The lowest BCUT2D eigenvalue weighted by molar-refractivity contribution is -0.121. The van der Waals surface area contributed by atoms with Crippen LogP contribution in [0.1, 0.15) is 39.3 Å². The van der Waals surface area contributed by atoms with Gasteiger partial charge in [-0.3, -0.25) is 9.69 Å². The molecule has 1 atom stereocenters. The summed E-state index contributed by atoms with van der Waals surface area (Å²) in [4.78, 5) is 26.3. The molecule has 27 heavy (non-hydrogen) atoms. The summed E-state index contributed by atoms with van der Waals surface area (Å²) in [5, 5.41) is 5.65. The average Bonchev–Trinajstić information content (AvgIpc) is 2.60. The van der Waals surface area contributed by atoms with E-state index in [1.807, 2.05) is 58.0 Å². The van der Waals surface area contributed by atoms with Crippen LogP contribution in [0.15, 0.2) is 48.5 Å². The molecule has 0 bridgehead atoms. The second-order valence-electron chi connectivity index (χ2n) is 7.65. The number of rotatable bonds is 3. The second-order valence-corrected chi connectivity index (χ2v) is 7.65. The Morgan fingerprint density at radius 3 is 2.52 bits per heavy atom. The van der Waals surface area contributed by atoms with Crippen molar-refractivity contribution in [3.05, 3.63) is 54.1 Å². The molecule has 1 aliphatic rings. The van der Waals surface area contributed by atoms with Crippen molar-refractivity contribution in [3.8, 4) is 5.75 Å². The molecule has 0 unspecified atom stereocenters. The van der Waals surface area contributed by atoms with Gasteiger partial charge in [0.25, 0.3) is 5.91 Å². The lowest BCUT2D eigenvalue weighted by Gasteiger charge is -2.34. The van der Waals surface area contributed by atoms with Crippen LogP contribution < -0.4 is 20.3 Å². The predicted molar refractivity (Wildman–Crippen MR) is 106 cm³/mol. The summed E-state index contributed by atoms with van der Waals surface area (Å²) < 4.78 is 5.61. The zero-order valence-electron chi connectivity index (χ0n) is 16.1. The lowest BCUT2D eigenvalue weighted by Crippen LogP contribution is -2.43. The first kappa shape index (κ1) is 18.8. The van der Waals surface area contributed by atoms with Crippen molar-refractivity contribution in [1.29, 1.82) is 0 Å². The summed E-state index contributed by atoms with van der Waals surface area (Å²) in [5.41, 5.74) is 2.02. The molecule has 3 amide bonds. The smallest absolute Gasteiger partial charge is 0.319 e. The van der Waals surface area contributed by atoms with Gasteiger partial charge in [-0.1, -0.05) is 30.3 Å². The van der Waals surface area contributed by atoms with Crippen LogP contribution >= 0.6 is 0 Å². The molecule has 0 saturated heterocycles. The van der Waals surface area contributed by atoms with Crippen molar-refractivity contribution in [2.24, 2.45) is 0 Å². The fourth-order valence-electron chi connectivity index (χ4n) is 3.06. The number of hydrogen-bond acceptors (Lipinski definition) is 3. The fourth-order valence-corrected chi connectivity index (χ4v) is 3.06. The Morgan fingerprint density at radius 2 is 1.85 bits per heavy atom. The maximum Gasteiger partial charge on any atom is 0.319 e. The Hall–Kier alpha value is -3.02. The first-order valence-electron chi connectivity index (χ1n) is 8.97. The molecular formula is C21H25N3O3. The first-order valence-corrected chi connectivity index (χ1v) is 8.97. The molecule has 1 aliphatic heterocycles. The van der Waals surface area contributed by atoms with Gasteiger partial charge in [0, 0.05) is 17.3 Å². The van der Waals surface area contributed by atoms with Gasteiger partial charge in [0.15, 0.2) is 6.61 Å². The highest BCUT2D eigenvalue weighted by Gasteiger charge is 2.30. The Morgan fingerprint density at radius 1 is 1.15 bits per heavy atom. The third kappa shape index (κ3) is 4.39. The summed E-state index contributed by atoms with van der Waals surface area (Å²) in [5.74, 6) is 0.482. The largest absolute Gasteiger partial charge is 0.481 e. The Balaban J connectivity index is 1.84. The zero-order valence-corrected chi connectivity index (χ0v) is 16.1. The van der Waals surface area contributed by atoms with Gasteiger partial charge in [0.1, 0.15) is 5.75 Å². The minimum Gasteiger partial charge on any atom is -0.481 e. The van der Waals surface area contributed by atoms with E-state index in [-0.39, 0.29) is 30.1 Å². The Kier molecular flexibility index (Phi) is 5.08. The van der Waals surface area contributed by atoms with E-state index in [1.165, 1.54) is 0 Å². The summed E-state index contributed by atoms with van der Waals surface area (Å²) in [6, 6.07) is 14.8. The van der Waals surface area contributed by atoms with Gasteiger partial charge in [-0.05, 0) is 45.4 Å². The molecule has 6 heteroatoms.